The van der Waals surface area contributed by atoms with Crippen molar-refractivity contribution < 1.29 is 19.4 Å². The molecule has 0 radical (unpaired) electrons. The summed E-state index contributed by atoms with van der Waals surface area (Å²) in [6.45, 7) is 2.52. The number of benzene rings is 2. The van der Waals surface area contributed by atoms with Crippen molar-refractivity contribution in [3.05, 3.63) is 65.2 Å². The number of carboxylic acids is 1. The van der Waals surface area contributed by atoms with Gasteiger partial charge in [-0.15, -0.1) is 0 Å². The van der Waals surface area contributed by atoms with Gasteiger partial charge in [0.1, 0.15) is 5.75 Å². The highest BCUT2D eigenvalue weighted by Crippen LogP contribution is 2.17. The van der Waals surface area contributed by atoms with Crippen LogP contribution in [0.2, 0.25) is 0 Å². The lowest BCUT2D eigenvalue weighted by Crippen LogP contribution is -2.33. The standard InChI is InChI=1S/C20H23NO4/c1-3-16-6-4-5-7-18(16)20(24)21(13-12-19(22)23)14-15-8-10-17(25-2)11-9-15/h4-11H,3,12-14H2,1-2H3,(H,22,23). The summed E-state index contributed by atoms with van der Waals surface area (Å²) in [5, 5.41) is 9.00. The van der Waals surface area contributed by atoms with Gasteiger partial charge in [-0.25, -0.2) is 0 Å². The van der Waals surface area contributed by atoms with Gasteiger partial charge in [0.25, 0.3) is 5.91 Å². The lowest BCUT2D eigenvalue weighted by molar-refractivity contribution is -0.137. The van der Waals surface area contributed by atoms with Crippen molar-refractivity contribution in [2.24, 2.45) is 0 Å². The number of carbonyl (C=O) groups is 2. The van der Waals surface area contributed by atoms with E-state index in [9.17, 15) is 9.59 Å². The van der Waals surface area contributed by atoms with Crippen LogP contribution in [0.15, 0.2) is 48.5 Å². The molecule has 0 aromatic heterocycles. The third-order valence-electron chi connectivity index (χ3n) is 4.04. The normalized spacial score (nSPS) is 10.3. The van der Waals surface area contributed by atoms with Crippen molar-refractivity contribution >= 4 is 11.9 Å². The molecular weight excluding hydrogens is 318 g/mol. The quantitative estimate of drug-likeness (QED) is 0.799. The van der Waals surface area contributed by atoms with Crippen LogP contribution >= 0.6 is 0 Å². The number of carboxylic acid groups (broad SMARTS) is 1. The number of carbonyl (C=O) groups excluding carboxylic acids is 1. The molecule has 1 N–H and O–H groups in total. The largest absolute Gasteiger partial charge is 0.497 e. The zero-order valence-electron chi connectivity index (χ0n) is 14.6. The minimum absolute atomic E-state index is 0.0871. The number of amides is 1. The molecule has 0 spiro atoms. The van der Waals surface area contributed by atoms with E-state index in [1.54, 1.807) is 18.1 Å². The van der Waals surface area contributed by atoms with Gasteiger partial charge in [0.2, 0.25) is 0 Å². The van der Waals surface area contributed by atoms with E-state index in [0.29, 0.717) is 12.1 Å². The molecule has 5 nitrogen and oxygen atoms in total. The molecule has 0 saturated heterocycles. The molecule has 2 aromatic rings. The van der Waals surface area contributed by atoms with Crippen molar-refractivity contribution in [1.82, 2.24) is 4.90 Å². The van der Waals surface area contributed by atoms with Gasteiger partial charge in [0.05, 0.1) is 13.5 Å². The number of nitrogens with zero attached hydrogens (tertiary/aromatic N) is 1. The molecule has 0 unspecified atom stereocenters. The van der Waals surface area contributed by atoms with Crippen LogP contribution in [0.3, 0.4) is 0 Å². The van der Waals surface area contributed by atoms with Gasteiger partial charge >= 0.3 is 5.97 Å². The molecular formula is C20H23NO4. The molecule has 5 heteroatoms. The number of aryl methyl sites for hydroxylation is 1. The molecule has 1 amide bonds. The predicted octanol–water partition coefficient (Wildman–Crippen LogP) is 3.37. The molecule has 0 fully saturated rings. The number of methoxy groups -OCH3 is 1. The Bertz CT molecular complexity index is 725. The van der Waals surface area contributed by atoms with E-state index in [-0.39, 0.29) is 18.9 Å². The van der Waals surface area contributed by atoms with Crippen LogP contribution in [0, 0.1) is 0 Å². The van der Waals surface area contributed by atoms with Crippen LogP contribution in [-0.2, 0) is 17.8 Å². The van der Waals surface area contributed by atoms with Crippen LogP contribution in [0.25, 0.3) is 0 Å². The van der Waals surface area contributed by atoms with E-state index < -0.39 is 5.97 Å². The summed E-state index contributed by atoms with van der Waals surface area (Å²) in [7, 11) is 1.60. The van der Waals surface area contributed by atoms with E-state index >= 15 is 0 Å². The van der Waals surface area contributed by atoms with Crippen LogP contribution in [0.5, 0.6) is 5.75 Å². The zero-order valence-corrected chi connectivity index (χ0v) is 14.6. The van der Waals surface area contributed by atoms with E-state index in [4.69, 9.17) is 9.84 Å². The summed E-state index contributed by atoms with van der Waals surface area (Å²) in [5.74, 6) is -0.325. The lowest BCUT2D eigenvalue weighted by atomic mass is 10.0. The fourth-order valence-corrected chi connectivity index (χ4v) is 2.64. The third kappa shape index (κ3) is 5.08. The number of hydrogen-bond donors (Lipinski definition) is 1. The van der Waals surface area contributed by atoms with Crippen molar-refractivity contribution in [2.75, 3.05) is 13.7 Å². The zero-order chi connectivity index (χ0) is 18.2. The number of rotatable bonds is 8. The Morgan fingerprint density at radius 3 is 2.36 bits per heavy atom. The summed E-state index contributed by atoms with van der Waals surface area (Å²) >= 11 is 0. The number of ether oxygens (including phenoxy) is 1. The fraction of sp³-hybridized carbons (Fsp3) is 0.300. The molecule has 0 heterocycles. The van der Waals surface area contributed by atoms with Gasteiger partial charge in [0, 0.05) is 18.7 Å². The summed E-state index contributed by atoms with van der Waals surface area (Å²) in [5.41, 5.74) is 2.51. The maximum absolute atomic E-state index is 13.0. The predicted molar refractivity (Wildman–Crippen MR) is 95.8 cm³/mol. The molecule has 132 valence electrons. The maximum atomic E-state index is 13.0. The molecule has 0 aliphatic rings. The van der Waals surface area contributed by atoms with Crippen molar-refractivity contribution in [3.8, 4) is 5.75 Å². The summed E-state index contributed by atoms with van der Waals surface area (Å²) in [6, 6.07) is 14.9. The average Bonchev–Trinajstić information content (AvgIpc) is 2.64. The number of aliphatic carboxylic acids is 1. The first-order valence-corrected chi connectivity index (χ1v) is 8.27. The van der Waals surface area contributed by atoms with Crippen molar-refractivity contribution in [2.45, 2.75) is 26.3 Å². The summed E-state index contributed by atoms with van der Waals surface area (Å²) < 4.78 is 5.14. The summed E-state index contributed by atoms with van der Waals surface area (Å²) in [4.78, 5) is 25.5. The molecule has 0 saturated carbocycles. The highest BCUT2D eigenvalue weighted by molar-refractivity contribution is 5.95. The minimum Gasteiger partial charge on any atom is -0.497 e. The monoisotopic (exact) mass is 341 g/mol. The van der Waals surface area contributed by atoms with E-state index in [1.165, 1.54) is 0 Å². The Morgan fingerprint density at radius 2 is 1.76 bits per heavy atom. The maximum Gasteiger partial charge on any atom is 0.305 e. The molecule has 0 atom stereocenters. The van der Waals surface area contributed by atoms with Crippen LogP contribution in [0.1, 0.15) is 34.8 Å². The Hall–Kier alpha value is -2.82. The topological polar surface area (TPSA) is 66.8 Å². The molecule has 2 rings (SSSR count). The Kier molecular flexibility index (Phi) is 6.57. The molecule has 0 aliphatic carbocycles. The molecule has 0 bridgehead atoms. The highest BCUT2D eigenvalue weighted by Gasteiger charge is 2.19. The van der Waals surface area contributed by atoms with Gasteiger partial charge in [-0.2, -0.15) is 0 Å². The average molecular weight is 341 g/mol. The van der Waals surface area contributed by atoms with E-state index in [0.717, 1.165) is 23.3 Å². The van der Waals surface area contributed by atoms with Crippen LogP contribution < -0.4 is 4.74 Å². The Labute approximate surface area is 147 Å². The lowest BCUT2D eigenvalue weighted by Gasteiger charge is -2.23. The van der Waals surface area contributed by atoms with Crippen LogP contribution in [-0.4, -0.2) is 35.5 Å². The van der Waals surface area contributed by atoms with Gasteiger partial charge in [-0.3, -0.25) is 9.59 Å². The van der Waals surface area contributed by atoms with Gasteiger partial charge in [-0.1, -0.05) is 37.3 Å². The van der Waals surface area contributed by atoms with Gasteiger partial charge < -0.3 is 14.7 Å². The van der Waals surface area contributed by atoms with Crippen molar-refractivity contribution in [3.63, 3.8) is 0 Å². The minimum atomic E-state index is -0.920. The van der Waals surface area contributed by atoms with Gasteiger partial charge in [-0.05, 0) is 35.7 Å². The summed E-state index contributed by atoms with van der Waals surface area (Å²) in [6.07, 6.45) is 0.660. The second-order valence-electron chi connectivity index (χ2n) is 5.73. The first-order valence-electron chi connectivity index (χ1n) is 8.27. The van der Waals surface area contributed by atoms with Crippen molar-refractivity contribution in [1.29, 1.82) is 0 Å². The first-order chi connectivity index (χ1) is 12.0. The molecule has 0 aliphatic heterocycles. The van der Waals surface area contributed by atoms with E-state index in [1.807, 2.05) is 49.4 Å². The first kappa shape index (κ1) is 18.5. The second kappa shape index (κ2) is 8.87. The molecule has 2 aromatic carbocycles. The van der Waals surface area contributed by atoms with Crippen LogP contribution in [0.4, 0.5) is 0 Å². The molecule has 25 heavy (non-hydrogen) atoms. The highest BCUT2D eigenvalue weighted by atomic mass is 16.5. The third-order valence-corrected chi connectivity index (χ3v) is 4.04. The number of hydrogen-bond acceptors (Lipinski definition) is 3. The smallest absolute Gasteiger partial charge is 0.305 e. The van der Waals surface area contributed by atoms with Gasteiger partial charge in [0.15, 0.2) is 0 Å². The Morgan fingerprint density at radius 1 is 1.08 bits per heavy atom. The second-order valence-corrected chi connectivity index (χ2v) is 5.73. The van der Waals surface area contributed by atoms with E-state index in [2.05, 4.69) is 0 Å². The SMILES string of the molecule is CCc1ccccc1C(=O)N(CCC(=O)O)Cc1ccc(OC)cc1. The fourth-order valence-electron chi connectivity index (χ4n) is 2.64. The Balaban J connectivity index is 2.24.